The highest BCUT2D eigenvalue weighted by Gasteiger charge is 2.49. The maximum Gasteiger partial charge on any atom is 0.192 e. The van der Waals surface area contributed by atoms with Gasteiger partial charge in [0.15, 0.2) is 14.1 Å². The summed E-state index contributed by atoms with van der Waals surface area (Å²) in [5.74, 6) is 0.000607. The number of ether oxygens (including phenoxy) is 2. The topological polar surface area (TPSA) is 53.7 Å². The Bertz CT molecular complexity index is 348. The molecule has 0 aromatic rings. The molecule has 1 aliphatic heterocycles. The second-order valence-corrected chi connectivity index (χ2v) is 12.8. The fraction of sp³-hybridized carbons (Fsp3) is 1.00. The summed E-state index contributed by atoms with van der Waals surface area (Å²) in [6.45, 7) is 13.7. The van der Waals surface area contributed by atoms with Gasteiger partial charge in [-0.05, 0) is 43.9 Å². The van der Waals surface area contributed by atoms with Crippen LogP contribution in [0.15, 0.2) is 0 Å². The van der Waals surface area contributed by atoms with Crippen molar-refractivity contribution in [3.05, 3.63) is 0 Å². The Labute approximate surface area is 130 Å². The molecule has 1 aliphatic carbocycles. The van der Waals surface area contributed by atoms with Crippen LogP contribution in [0.2, 0.25) is 18.1 Å². The molecular weight excluding hydrogens is 282 g/mol. The van der Waals surface area contributed by atoms with E-state index in [9.17, 15) is 0 Å². The van der Waals surface area contributed by atoms with Gasteiger partial charge in [0.2, 0.25) is 0 Å². The molecule has 4 nitrogen and oxygen atoms in total. The second kappa shape index (κ2) is 6.28. The molecule has 124 valence electrons. The third-order valence-electron chi connectivity index (χ3n) is 5.54. The summed E-state index contributed by atoms with van der Waals surface area (Å²) in [5, 5.41) is 0.256. The van der Waals surface area contributed by atoms with Gasteiger partial charge in [0.25, 0.3) is 0 Å². The van der Waals surface area contributed by atoms with Gasteiger partial charge < -0.3 is 19.6 Å². The molecule has 1 spiro atoms. The van der Waals surface area contributed by atoms with Gasteiger partial charge in [-0.3, -0.25) is 0 Å². The lowest BCUT2D eigenvalue weighted by Crippen LogP contribution is -2.50. The molecule has 1 saturated heterocycles. The quantitative estimate of drug-likeness (QED) is 0.809. The maximum absolute atomic E-state index is 6.61. The number of hydrogen-bond acceptors (Lipinski definition) is 4. The lowest BCUT2D eigenvalue weighted by molar-refractivity contribution is -0.223. The van der Waals surface area contributed by atoms with Gasteiger partial charge >= 0.3 is 0 Å². The Morgan fingerprint density at radius 3 is 2.38 bits per heavy atom. The van der Waals surface area contributed by atoms with Crippen LogP contribution in [0.5, 0.6) is 0 Å². The fourth-order valence-corrected chi connectivity index (χ4v) is 4.67. The Hall–Kier alpha value is 0.0569. The zero-order valence-corrected chi connectivity index (χ0v) is 15.4. The molecule has 0 amide bonds. The monoisotopic (exact) mass is 315 g/mol. The van der Waals surface area contributed by atoms with Crippen LogP contribution in [0.3, 0.4) is 0 Å². The molecule has 0 bridgehead atoms. The fourth-order valence-electron chi connectivity index (χ4n) is 3.27. The molecular formula is C16H33NO3Si. The van der Waals surface area contributed by atoms with E-state index in [1.165, 1.54) is 0 Å². The number of rotatable bonds is 4. The van der Waals surface area contributed by atoms with E-state index in [0.29, 0.717) is 18.6 Å². The van der Waals surface area contributed by atoms with Gasteiger partial charge in [0, 0.05) is 18.4 Å². The lowest BCUT2D eigenvalue weighted by Gasteiger charge is -2.46. The maximum atomic E-state index is 6.61. The molecule has 0 radical (unpaired) electrons. The van der Waals surface area contributed by atoms with Gasteiger partial charge in [-0.25, -0.2) is 0 Å². The normalized spacial score (nSPS) is 30.0. The van der Waals surface area contributed by atoms with E-state index in [2.05, 4.69) is 33.9 Å². The Morgan fingerprint density at radius 1 is 1.24 bits per heavy atom. The Balaban J connectivity index is 2.02. The minimum Gasteiger partial charge on any atom is -0.414 e. The van der Waals surface area contributed by atoms with Crippen LogP contribution < -0.4 is 5.73 Å². The van der Waals surface area contributed by atoms with Crippen molar-refractivity contribution in [3.8, 4) is 0 Å². The van der Waals surface area contributed by atoms with E-state index < -0.39 is 8.32 Å². The van der Waals surface area contributed by atoms with E-state index in [0.717, 1.165) is 38.9 Å². The average molecular weight is 316 g/mol. The SMILES string of the molecule is CC(C)(C)[Si](C)(C)OC1CCC2(OCCO2)[C@H](CCN)C1. The molecule has 0 aromatic carbocycles. The number of nitrogens with two attached hydrogens (primary N) is 1. The number of hydrogen-bond donors (Lipinski definition) is 1. The predicted molar refractivity (Wildman–Crippen MR) is 87.7 cm³/mol. The highest BCUT2D eigenvalue weighted by Crippen LogP contribution is 2.45. The third-order valence-corrected chi connectivity index (χ3v) is 10.1. The van der Waals surface area contributed by atoms with Crippen molar-refractivity contribution in [1.82, 2.24) is 0 Å². The summed E-state index contributed by atoms with van der Waals surface area (Å²) in [5.41, 5.74) is 5.81. The highest BCUT2D eigenvalue weighted by atomic mass is 28.4. The Kier molecular flexibility index (Phi) is 5.21. The summed E-state index contributed by atoms with van der Waals surface area (Å²) < 4.78 is 18.6. The first-order valence-electron chi connectivity index (χ1n) is 8.36. The molecule has 1 heterocycles. The van der Waals surface area contributed by atoms with Crippen LogP contribution in [0.1, 0.15) is 46.5 Å². The minimum absolute atomic E-state index is 0.256. The van der Waals surface area contributed by atoms with Crippen molar-refractivity contribution < 1.29 is 13.9 Å². The summed E-state index contributed by atoms with van der Waals surface area (Å²) in [6.07, 6.45) is 4.28. The van der Waals surface area contributed by atoms with E-state index >= 15 is 0 Å². The molecule has 2 N–H and O–H groups in total. The van der Waals surface area contributed by atoms with E-state index in [4.69, 9.17) is 19.6 Å². The van der Waals surface area contributed by atoms with Crippen LogP contribution >= 0.6 is 0 Å². The molecule has 2 rings (SSSR count). The molecule has 5 heteroatoms. The van der Waals surface area contributed by atoms with E-state index in [1.54, 1.807) is 0 Å². The van der Waals surface area contributed by atoms with E-state index in [-0.39, 0.29) is 10.8 Å². The van der Waals surface area contributed by atoms with Crippen LogP contribution in [-0.4, -0.2) is 40.0 Å². The van der Waals surface area contributed by atoms with Crippen LogP contribution in [0.4, 0.5) is 0 Å². The van der Waals surface area contributed by atoms with Crippen molar-refractivity contribution in [1.29, 1.82) is 0 Å². The summed E-state index contributed by atoms with van der Waals surface area (Å²) in [6, 6.07) is 0. The average Bonchev–Trinajstić information content (AvgIpc) is 2.82. The van der Waals surface area contributed by atoms with Crippen molar-refractivity contribution in [3.63, 3.8) is 0 Å². The standard InChI is InChI=1S/C16H33NO3Si/c1-15(2,3)21(4,5)20-14-6-8-16(18-10-11-19-16)13(12-14)7-9-17/h13-14H,6-12,17H2,1-5H3/t13-,14?/m1/s1. The summed E-state index contributed by atoms with van der Waals surface area (Å²) >= 11 is 0. The van der Waals surface area contributed by atoms with Gasteiger partial charge in [0.05, 0.1) is 13.2 Å². The zero-order valence-electron chi connectivity index (χ0n) is 14.4. The predicted octanol–water partition coefficient (Wildman–Crippen LogP) is 3.27. The molecule has 2 fully saturated rings. The molecule has 2 atom stereocenters. The molecule has 21 heavy (non-hydrogen) atoms. The molecule has 2 aliphatic rings. The second-order valence-electron chi connectivity index (χ2n) is 8.06. The third kappa shape index (κ3) is 3.70. The van der Waals surface area contributed by atoms with Gasteiger partial charge in [0.1, 0.15) is 0 Å². The zero-order chi connectivity index (χ0) is 15.7. The van der Waals surface area contributed by atoms with Crippen molar-refractivity contribution >= 4 is 8.32 Å². The summed E-state index contributed by atoms with van der Waals surface area (Å²) in [4.78, 5) is 0. The van der Waals surface area contributed by atoms with Crippen LogP contribution in [-0.2, 0) is 13.9 Å². The molecule has 0 aromatic heterocycles. The van der Waals surface area contributed by atoms with Crippen molar-refractivity contribution in [2.75, 3.05) is 19.8 Å². The largest absolute Gasteiger partial charge is 0.414 e. The van der Waals surface area contributed by atoms with Crippen molar-refractivity contribution in [2.45, 2.75) is 76.5 Å². The molecule has 1 unspecified atom stereocenters. The van der Waals surface area contributed by atoms with Gasteiger partial charge in [-0.2, -0.15) is 0 Å². The van der Waals surface area contributed by atoms with Crippen LogP contribution in [0, 0.1) is 5.92 Å². The van der Waals surface area contributed by atoms with Gasteiger partial charge in [-0.1, -0.05) is 20.8 Å². The highest BCUT2D eigenvalue weighted by molar-refractivity contribution is 6.74. The molecule has 1 saturated carbocycles. The smallest absolute Gasteiger partial charge is 0.192 e. The first-order chi connectivity index (χ1) is 9.70. The van der Waals surface area contributed by atoms with Crippen molar-refractivity contribution in [2.24, 2.45) is 11.7 Å². The van der Waals surface area contributed by atoms with Gasteiger partial charge in [-0.15, -0.1) is 0 Å². The lowest BCUT2D eigenvalue weighted by atomic mass is 9.79. The van der Waals surface area contributed by atoms with E-state index in [1.807, 2.05) is 0 Å². The Morgan fingerprint density at radius 2 is 1.86 bits per heavy atom. The van der Waals surface area contributed by atoms with Crippen LogP contribution in [0.25, 0.3) is 0 Å². The first kappa shape index (κ1) is 17.4. The minimum atomic E-state index is -1.71. The first-order valence-corrected chi connectivity index (χ1v) is 11.3. The summed E-state index contributed by atoms with van der Waals surface area (Å²) in [7, 11) is -1.71.